The van der Waals surface area contributed by atoms with E-state index in [1.54, 1.807) is 0 Å². The van der Waals surface area contributed by atoms with Crippen molar-refractivity contribution >= 4 is 38.9 Å². The highest BCUT2D eigenvalue weighted by Gasteiger charge is 2.57. The number of nitrogens with zero attached hydrogens (tertiary/aromatic N) is 2. The zero-order valence-electron chi connectivity index (χ0n) is 34.9. The van der Waals surface area contributed by atoms with E-state index >= 15 is 0 Å². The molecule has 0 unspecified atom stereocenters. The third kappa shape index (κ3) is 5.61. The van der Waals surface area contributed by atoms with Crippen molar-refractivity contribution in [2.45, 2.75) is 52.4 Å². The van der Waals surface area contributed by atoms with E-state index in [9.17, 15) is 0 Å². The van der Waals surface area contributed by atoms with E-state index in [0.29, 0.717) is 0 Å². The maximum absolute atomic E-state index is 2.56. The number of hydrogen-bond acceptors (Lipinski definition) is 1. The Balaban J connectivity index is 1.25. The van der Waals surface area contributed by atoms with Gasteiger partial charge < -0.3 is 9.47 Å². The molecule has 288 valence electrons. The fraction of sp³-hybridized carbons (Fsp3) is 0.158. The number of aromatic nitrogens is 1. The van der Waals surface area contributed by atoms with Crippen molar-refractivity contribution in [2.75, 3.05) is 4.90 Å². The molecule has 0 aliphatic heterocycles. The van der Waals surface area contributed by atoms with Crippen LogP contribution in [0.4, 0.5) is 17.1 Å². The summed E-state index contributed by atoms with van der Waals surface area (Å²) in [5.74, 6) is 0. The summed E-state index contributed by atoms with van der Waals surface area (Å²) in [5, 5.41) is 2.53. The molecule has 1 aromatic heterocycles. The Labute approximate surface area is 349 Å². The first kappa shape index (κ1) is 36.7. The lowest BCUT2D eigenvalue weighted by atomic mass is 9.59. The third-order valence-corrected chi connectivity index (χ3v) is 14.3. The minimum Gasteiger partial charge on any atom is -0.310 e. The summed E-state index contributed by atoms with van der Waals surface area (Å²) in [6, 6.07) is 71.3. The Kier molecular flexibility index (Phi) is 8.54. The number of hydrogen-bond donors (Lipinski definition) is 0. The van der Waals surface area contributed by atoms with Crippen molar-refractivity contribution in [3.63, 3.8) is 0 Å². The van der Waals surface area contributed by atoms with E-state index in [4.69, 9.17) is 0 Å². The molecule has 0 amide bonds. The summed E-state index contributed by atoms with van der Waals surface area (Å²) >= 11 is 0. The van der Waals surface area contributed by atoms with Gasteiger partial charge in [-0.2, -0.15) is 0 Å². The van der Waals surface area contributed by atoms with Gasteiger partial charge in [-0.15, -0.1) is 0 Å². The predicted molar refractivity (Wildman–Crippen MR) is 252 cm³/mol. The average molecular weight is 763 g/mol. The summed E-state index contributed by atoms with van der Waals surface area (Å²) < 4.78 is 2.48. The van der Waals surface area contributed by atoms with Crippen molar-refractivity contribution < 1.29 is 0 Å². The lowest BCUT2D eigenvalue weighted by molar-refractivity contribution is 0.125. The molecule has 10 rings (SSSR count). The molecule has 1 heterocycles. The van der Waals surface area contributed by atoms with Gasteiger partial charge in [0.05, 0.1) is 22.4 Å². The molecular weight excluding hydrogens is 713 g/mol. The van der Waals surface area contributed by atoms with Crippen LogP contribution in [0.5, 0.6) is 0 Å². The molecule has 59 heavy (non-hydrogen) atoms. The number of para-hydroxylation sites is 5. The quantitative estimate of drug-likeness (QED) is 0.157. The number of benzene rings is 8. The van der Waals surface area contributed by atoms with Gasteiger partial charge in [0.2, 0.25) is 0 Å². The van der Waals surface area contributed by atoms with Crippen LogP contribution >= 0.6 is 0 Å². The van der Waals surface area contributed by atoms with Crippen LogP contribution in [0.3, 0.4) is 0 Å². The molecule has 2 heteroatoms. The molecule has 0 N–H and O–H groups in total. The Hall–Kier alpha value is -6.64. The standard InChI is InChI=1S/C57H50N2/c1-55(2)49-37-47(40-24-21-27-42(36-40)58(41-25-11-8-12-26-41)51-32-17-13-28-43(51)39-22-9-7-10-23-39)48(38-50(49)56(3,4)57(55,5)6)46-31-16-20-35-54(46)59-52-33-18-14-29-44(52)45-30-15-19-34-53(45)59/h7-38H,1-6H3. The molecular formula is C57H50N2. The van der Waals surface area contributed by atoms with Crippen LogP contribution in [0.25, 0.3) is 60.9 Å². The Morgan fingerprint density at radius 2 is 0.864 bits per heavy atom. The number of fused-ring (bicyclic) bond motifs is 4. The van der Waals surface area contributed by atoms with Gasteiger partial charge in [-0.05, 0) is 110 Å². The minimum atomic E-state index is -0.0617. The molecule has 0 fully saturated rings. The first-order chi connectivity index (χ1) is 28.6. The average Bonchev–Trinajstić information content (AvgIpc) is 3.65. The number of anilines is 3. The lowest BCUT2D eigenvalue weighted by Gasteiger charge is -2.44. The Morgan fingerprint density at radius 1 is 0.373 bits per heavy atom. The summed E-state index contributed by atoms with van der Waals surface area (Å²) in [4.78, 5) is 2.42. The molecule has 2 nitrogen and oxygen atoms in total. The summed E-state index contributed by atoms with van der Waals surface area (Å²) in [6.07, 6.45) is 0. The fourth-order valence-corrected chi connectivity index (χ4v) is 9.98. The highest BCUT2D eigenvalue weighted by atomic mass is 15.1. The largest absolute Gasteiger partial charge is 0.310 e. The summed E-state index contributed by atoms with van der Waals surface area (Å²) in [6.45, 7) is 14.7. The Morgan fingerprint density at radius 3 is 1.53 bits per heavy atom. The smallest absolute Gasteiger partial charge is 0.0541 e. The van der Waals surface area contributed by atoms with Gasteiger partial charge in [-0.3, -0.25) is 0 Å². The Bertz CT molecular complexity index is 2970. The van der Waals surface area contributed by atoms with Crippen LogP contribution < -0.4 is 4.90 Å². The summed E-state index contributed by atoms with van der Waals surface area (Å²) in [7, 11) is 0. The molecule has 8 aromatic carbocycles. The van der Waals surface area contributed by atoms with E-state index in [2.05, 4.69) is 245 Å². The second kappa shape index (κ2) is 13.7. The van der Waals surface area contributed by atoms with Crippen LogP contribution in [-0.2, 0) is 10.8 Å². The van der Waals surface area contributed by atoms with Crippen molar-refractivity contribution in [1.82, 2.24) is 4.57 Å². The zero-order chi connectivity index (χ0) is 40.5. The molecule has 0 saturated heterocycles. The van der Waals surface area contributed by atoms with Crippen molar-refractivity contribution in [2.24, 2.45) is 5.41 Å². The maximum Gasteiger partial charge on any atom is 0.0541 e. The molecule has 0 saturated carbocycles. The predicted octanol–water partition coefficient (Wildman–Crippen LogP) is 15.8. The van der Waals surface area contributed by atoms with Crippen LogP contribution in [-0.4, -0.2) is 4.57 Å². The molecule has 0 spiro atoms. The molecule has 9 aromatic rings. The minimum absolute atomic E-state index is 0.0116. The molecule has 0 radical (unpaired) electrons. The fourth-order valence-electron chi connectivity index (χ4n) is 9.98. The first-order valence-electron chi connectivity index (χ1n) is 20.9. The van der Waals surface area contributed by atoms with E-state index in [1.807, 2.05) is 0 Å². The van der Waals surface area contributed by atoms with Crippen molar-refractivity contribution in [1.29, 1.82) is 0 Å². The van der Waals surface area contributed by atoms with Gasteiger partial charge in [0.1, 0.15) is 0 Å². The van der Waals surface area contributed by atoms with Gasteiger partial charge in [-0.25, -0.2) is 0 Å². The van der Waals surface area contributed by atoms with Crippen LogP contribution in [0.15, 0.2) is 194 Å². The molecule has 0 atom stereocenters. The highest BCUT2D eigenvalue weighted by Crippen LogP contribution is 2.63. The normalized spacial score (nSPS) is 15.0. The molecule has 1 aliphatic rings. The van der Waals surface area contributed by atoms with E-state index in [1.165, 1.54) is 72.0 Å². The maximum atomic E-state index is 2.56. The number of rotatable bonds is 7. The van der Waals surface area contributed by atoms with E-state index < -0.39 is 0 Å². The highest BCUT2D eigenvalue weighted by molar-refractivity contribution is 6.10. The van der Waals surface area contributed by atoms with Gasteiger partial charge in [0, 0.05) is 33.3 Å². The van der Waals surface area contributed by atoms with Crippen molar-refractivity contribution in [3.8, 4) is 39.1 Å². The van der Waals surface area contributed by atoms with Gasteiger partial charge in [0.25, 0.3) is 0 Å². The van der Waals surface area contributed by atoms with Gasteiger partial charge in [-0.1, -0.05) is 175 Å². The zero-order valence-corrected chi connectivity index (χ0v) is 34.9. The second-order valence-electron chi connectivity index (χ2n) is 17.8. The van der Waals surface area contributed by atoms with Crippen molar-refractivity contribution in [3.05, 3.63) is 205 Å². The molecule has 0 bridgehead atoms. The SMILES string of the molecule is CC1(C)c2cc(-c3cccc(N(c4ccccc4)c4ccccc4-c4ccccc4)c3)c(-c3ccccc3-n3c4ccccc4c4ccccc43)cc2C(C)(C)C1(C)C. The third-order valence-electron chi connectivity index (χ3n) is 14.3. The van der Waals surface area contributed by atoms with Gasteiger partial charge >= 0.3 is 0 Å². The van der Waals surface area contributed by atoms with Gasteiger partial charge in [0.15, 0.2) is 0 Å². The molecule has 1 aliphatic carbocycles. The lowest BCUT2D eigenvalue weighted by Crippen LogP contribution is -2.42. The van der Waals surface area contributed by atoms with E-state index in [-0.39, 0.29) is 16.2 Å². The van der Waals surface area contributed by atoms with E-state index in [0.717, 1.165) is 17.1 Å². The topological polar surface area (TPSA) is 8.17 Å². The van der Waals surface area contributed by atoms with Crippen LogP contribution in [0.2, 0.25) is 0 Å². The van der Waals surface area contributed by atoms with Crippen LogP contribution in [0.1, 0.15) is 52.7 Å². The van der Waals surface area contributed by atoms with Crippen LogP contribution in [0, 0.1) is 5.41 Å². The first-order valence-corrected chi connectivity index (χ1v) is 20.9. The summed E-state index contributed by atoms with van der Waals surface area (Å²) in [5.41, 5.74) is 17.0. The monoisotopic (exact) mass is 762 g/mol. The second-order valence-corrected chi connectivity index (χ2v) is 17.8.